The number of para-hydroxylation sites is 1. The molecular formula is C14H16N4. The van der Waals surface area contributed by atoms with Gasteiger partial charge in [0, 0.05) is 6.42 Å². The van der Waals surface area contributed by atoms with Gasteiger partial charge in [-0.2, -0.15) is 15.0 Å². The van der Waals surface area contributed by atoms with Gasteiger partial charge in [0.05, 0.1) is 23.6 Å². The first-order chi connectivity index (χ1) is 8.81. The third-order valence-electron chi connectivity index (χ3n) is 2.63. The molecule has 4 heteroatoms. The van der Waals surface area contributed by atoms with Crippen molar-refractivity contribution in [3.63, 3.8) is 0 Å². The monoisotopic (exact) mass is 240 g/mol. The Hall–Kier alpha value is -2.12. The number of nitrogens with zero attached hydrogens (tertiary/aromatic N) is 3. The van der Waals surface area contributed by atoms with Gasteiger partial charge in [-0.3, -0.25) is 0 Å². The van der Waals surface area contributed by atoms with E-state index in [4.69, 9.17) is 5.73 Å². The highest BCUT2D eigenvalue weighted by atomic mass is 15.5. The average Bonchev–Trinajstić information content (AvgIpc) is 2.89. The van der Waals surface area contributed by atoms with E-state index in [0.29, 0.717) is 0 Å². The molecule has 0 aliphatic rings. The van der Waals surface area contributed by atoms with Crippen LogP contribution >= 0.6 is 0 Å². The van der Waals surface area contributed by atoms with Crippen molar-refractivity contribution in [1.29, 1.82) is 0 Å². The number of rotatable bonds is 4. The molecule has 1 aromatic carbocycles. The van der Waals surface area contributed by atoms with Crippen LogP contribution in [0.5, 0.6) is 0 Å². The van der Waals surface area contributed by atoms with E-state index in [1.807, 2.05) is 37.3 Å². The van der Waals surface area contributed by atoms with Crippen molar-refractivity contribution in [2.45, 2.75) is 25.8 Å². The summed E-state index contributed by atoms with van der Waals surface area (Å²) in [6.07, 6.45) is 3.31. The molecule has 0 aliphatic heterocycles. The van der Waals surface area contributed by atoms with Crippen LogP contribution in [-0.4, -0.2) is 15.0 Å². The lowest BCUT2D eigenvalue weighted by molar-refractivity contribution is 0.631. The Morgan fingerprint density at radius 1 is 1.33 bits per heavy atom. The van der Waals surface area contributed by atoms with Crippen LogP contribution < -0.4 is 5.73 Å². The van der Waals surface area contributed by atoms with Crippen LogP contribution in [0.25, 0.3) is 5.69 Å². The molecule has 4 nitrogen and oxygen atoms in total. The molecule has 1 heterocycles. The molecule has 1 unspecified atom stereocenters. The Labute approximate surface area is 107 Å². The Balaban J connectivity index is 2.07. The smallest absolute Gasteiger partial charge is 0.0999 e. The van der Waals surface area contributed by atoms with Crippen molar-refractivity contribution in [3.05, 3.63) is 42.2 Å². The average molecular weight is 240 g/mol. The molecule has 1 aromatic heterocycles. The number of aromatic nitrogens is 3. The molecular weight excluding hydrogens is 224 g/mol. The maximum atomic E-state index is 6.04. The highest BCUT2D eigenvalue weighted by Gasteiger charge is 2.10. The SMILES string of the molecule is CC#CCCC(N)c1cnn(-c2ccccc2)n1. The van der Waals surface area contributed by atoms with E-state index in [0.717, 1.165) is 24.2 Å². The summed E-state index contributed by atoms with van der Waals surface area (Å²) >= 11 is 0. The van der Waals surface area contributed by atoms with Gasteiger partial charge in [-0.1, -0.05) is 18.2 Å². The number of hydrogen-bond donors (Lipinski definition) is 1. The van der Waals surface area contributed by atoms with Gasteiger partial charge in [0.2, 0.25) is 0 Å². The summed E-state index contributed by atoms with van der Waals surface area (Å²) in [4.78, 5) is 1.60. The van der Waals surface area contributed by atoms with Crippen molar-refractivity contribution in [2.24, 2.45) is 5.73 Å². The normalized spacial score (nSPS) is 11.7. The van der Waals surface area contributed by atoms with Gasteiger partial charge >= 0.3 is 0 Å². The van der Waals surface area contributed by atoms with E-state index in [1.165, 1.54) is 0 Å². The molecule has 2 aromatic rings. The van der Waals surface area contributed by atoms with Crippen LogP contribution in [-0.2, 0) is 0 Å². The van der Waals surface area contributed by atoms with Crippen molar-refractivity contribution in [1.82, 2.24) is 15.0 Å². The lowest BCUT2D eigenvalue weighted by atomic mass is 10.1. The molecule has 0 saturated carbocycles. The second kappa shape index (κ2) is 5.99. The van der Waals surface area contributed by atoms with E-state index < -0.39 is 0 Å². The van der Waals surface area contributed by atoms with Gasteiger partial charge in [-0.05, 0) is 25.5 Å². The van der Waals surface area contributed by atoms with Crippen molar-refractivity contribution in [2.75, 3.05) is 0 Å². The lowest BCUT2D eigenvalue weighted by Gasteiger charge is -2.04. The molecule has 0 spiro atoms. The van der Waals surface area contributed by atoms with Crippen LogP contribution in [0.1, 0.15) is 31.5 Å². The van der Waals surface area contributed by atoms with E-state index in [-0.39, 0.29) is 6.04 Å². The standard InChI is InChI=1S/C14H16N4/c1-2-3-5-10-13(15)14-11-16-18(17-14)12-8-6-4-7-9-12/h4,6-9,11,13H,5,10,15H2,1H3. The molecule has 0 aliphatic carbocycles. The molecule has 0 saturated heterocycles. The molecule has 18 heavy (non-hydrogen) atoms. The van der Waals surface area contributed by atoms with Crippen molar-refractivity contribution < 1.29 is 0 Å². The molecule has 92 valence electrons. The van der Waals surface area contributed by atoms with Crippen LogP contribution in [0.4, 0.5) is 0 Å². The fraction of sp³-hybridized carbons (Fsp3) is 0.286. The van der Waals surface area contributed by atoms with Gasteiger partial charge in [-0.25, -0.2) is 0 Å². The first-order valence-corrected chi connectivity index (χ1v) is 5.94. The van der Waals surface area contributed by atoms with E-state index in [9.17, 15) is 0 Å². The lowest BCUT2D eigenvalue weighted by Crippen LogP contribution is -2.11. The Bertz CT molecular complexity index is 548. The summed E-state index contributed by atoms with van der Waals surface area (Å²) in [5, 5.41) is 8.62. The predicted molar refractivity (Wildman–Crippen MR) is 71.0 cm³/mol. The Morgan fingerprint density at radius 3 is 2.83 bits per heavy atom. The second-order valence-electron chi connectivity index (χ2n) is 3.97. The van der Waals surface area contributed by atoms with Crippen LogP contribution in [0.3, 0.4) is 0 Å². The zero-order valence-corrected chi connectivity index (χ0v) is 10.4. The third-order valence-corrected chi connectivity index (χ3v) is 2.63. The quantitative estimate of drug-likeness (QED) is 0.832. The fourth-order valence-electron chi connectivity index (χ4n) is 1.63. The summed E-state index contributed by atoms with van der Waals surface area (Å²) in [5.41, 5.74) is 7.78. The number of benzene rings is 1. The molecule has 1 atom stereocenters. The third kappa shape index (κ3) is 2.96. The molecule has 0 radical (unpaired) electrons. The summed E-state index contributed by atoms with van der Waals surface area (Å²) in [5.74, 6) is 5.86. The zero-order valence-electron chi connectivity index (χ0n) is 10.4. The van der Waals surface area contributed by atoms with E-state index >= 15 is 0 Å². The molecule has 2 rings (SSSR count). The Morgan fingerprint density at radius 2 is 2.11 bits per heavy atom. The summed E-state index contributed by atoms with van der Waals surface area (Å²) in [6, 6.07) is 9.67. The van der Waals surface area contributed by atoms with E-state index in [2.05, 4.69) is 22.0 Å². The molecule has 0 amide bonds. The first-order valence-electron chi connectivity index (χ1n) is 5.94. The van der Waals surface area contributed by atoms with Gasteiger partial charge in [0.1, 0.15) is 0 Å². The minimum absolute atomic E-state index is 0.108. The second-order valence-corrected chi connectivity index (χ2v) is 3.97. The van der Waals surface area contributed by atoms with Crippen LogP contribution in [0.2, 0.25) is 0 Å². The van der Waals surface area contributed by atoms with Gasteiger partial charge in [0.15, 0.2) is 0 Å². The number of nitrogens with two attached hydrogens (primary N) is 1. The molecule has 2 N–H and O–H groups in total. The van der Waals surface area contributed by atoms with Crippen LogP contribution in [0, 0.1) is 11.8 Å². The highest BCUT2D eigenvalue weighted by Crippen LogP contribution is 2.13. The maximum Gasteiger partial charge on any atom is 0.0999 e. The molecule has 0 fully saturated rings. The van der Waals surface area contributed by atoms with Gasteiger partial charge in [0.25, 0.3) is 0 Å². The Kier molecular flexibility index (Phi) is 4.11. The summed E-state index contributed by atoms with van der Waals surface area (Å²) in [7, 11) is 0. The van der Waals surface area contributed by atoms with Crippen molar-refractivity contribution in [3.8, 4) is 17.5 Å². The van der Waals surface area contributed by atoms with Crippen LogP contribution in [0.15, 0.2) is 36.5 Å². The number of hydrogen-bond acceptors (Lipinski definition) is 3. The predicted octanol–water partition coefficient (Wildman–Crippen LogP) is 2.07. The maximum absolute atomic E-state index is 6.04. The van der Waals surface area contributed by atoms with Gasteiger partial charge < -0.3 is 5.73 Å². The van der Waals surface area contributed by atoms with Gasteiger partial charge in [-0.15, -0.1) is 11.8 Å². The van der Waals surface area contributed by atoms with Crippen molar-refractivity contribution >= 4 is 0 Å². The highest BCUT2D eigenvalue weighted by molar-refractivity contribution is 5.28. The zero-order chi connectivity index (χ0) is 12.8. The minimum Gasteiger partial charge on any atom is -0.323 e. The topological polar surface area (TPSA) is 56.7 Å². The largest absolute Gasteiger partial charge is 0.323 e. The fourth-order valence-corrected chi connectivity index (χ4v) is 1.63. The first kappa shape index (κ1) is 12.3. The minimum atomic E-state index is -0.108. The summed E-state index contributed by atoms with van der Waals surface area (Å²) < 4.78 is 0. The molecule has 0 bridgehead atoms. The van der Waals surface area contributed by atoms with E-state index in [1.54, 1.807) is 11.0 Å². The summed E-state index contributed by atoms with van der Waals surface area (Å²) in [6.45, 7) is 1.83.